The van der Waals surface area contributed by atoms with Gasteiger partial charge in [-0.25, -0.2) is 0 Å². The minimum atomic E-state index is 0.394. The summed E-state index contributed by atoms with van der Waals surface area (Å²) in [5, 5.41) is 0. The van der Waals surface area contributed by atoms with Gasteiger partial charge in [0.1, 0.15) is 0 Å². The third-order valence-electron chi connectivity index (χ3n) is 4.82. The van der Waals surface area contributed by atoms with Gasteiger partial charge in [0.05, 0.1) is 12.2 Å². The number of hydrogen-bond acceptors (Lipinski definition) is 4. The Bertz CT molecular complexity index is 273. The highest BCUT2D eigenvalue weighted by Crippen LogP contribution is 2.29. The predicted octanol–water partition coefficient (Wildman–Crippen LogP) is 1.63. The summed E-state index contributed by atoms with van der Waals surface area (Å²) in [6.45, 7) is 7.27. The number of ether oxygens (including phenoxy) is 2. The Labute approximate surface area is 117 Å². The van der Waals surface area contributed by atoms with Crippen LogP contribution in [-0.2, 0) is 9.47 Å². The molecule has 2 fully saturated rings. The van der Waals surface area contributed by atoms with Crippen molar-refractivity contribution in [1.82, 2.24) is 4.90 Å². The molecular formula is C15H30N2O2. The van der Waals surface area contributed by atoms with E-state index in [2.05, 4.69) is 18.7 Å². The Balaban J connectivity index is 1.95. The molecule has 2 aliphatic rings. The van der Waals surface area contributed by atoms with Crippen LogP contribution in [0.25, 0.3) is 0 Å². The lowest BCUT2D eigenvalue weighted by molar-refractivity contribution is -0.0739. The molecule has 112 valence electrons. The van der Waals surface area contributed by atoms with E-state index in [9.17, 15) is 0 Å². The molecule has 2 saturated heterocycles. The molecule has 0 aliphatic carbocycles. The fourth-order valence-electron chi connectivity index (χ4n) is 3.53. The summed E-state index contributed by atoms with van der Waals surface area (Å²) in [6, 6.07) is 1.13. The third-order valence-corrected chi connectivity index (χ3v) is 4.82. The summed E-state index contributed by atoms with van der Waals surface area (Å²) < 4.78 is 11.4. The second kappa shape index (κ2) is 7.02. The molecule has 2 aliphatic heterocycles. The molecular weight excluding hydrogens is 240 g/mol. The molecule has 0 amide bonds. The van der Waals surface area contributed by atoms with Gasteiger partial charge in [0.15, 0.2) is 0 Å². The van der Waals surface area contributed by atoms with E-state index in [0.717, 1.165) is 45.4 Å². The van der Waals surface area contributed by atoms with Crippen molar-refractivity contribution < 1.29 is 9.47 Å². The lowest BCUT2D eigenvalue weighted by atomic mass is 9.90. The number of nitrogens with zero attached hydrogens (tertiary/aromatic N) is 1. The van der Waals surface area contributed by atoms with E-state index in [4.69, 9.17) is 15.2 Å². The summed E-state index contributed by atoms with van der Waals surface area (Å²) in [6.07, 6.45) is 5.33. The molecule has 0 saturated carbocycles. The number of nitrogens with two attached hydrogens (primary N) is 1. The zero-order chi connectivity index (χ0) is 13.8. The maximum Gasteiger partial charge on any atom is 0.0612 e. The standard InChI is InChI=1S/C15H30N2O2/c1-11(2)15-9-12(5-7-19-15)17-6-4-14(18-3)8-13(17)10-16/h11-15H,4-10,16H2,1-3H3. The van der Waals surface area contributed by atoms with Crippen LogP contribution in [-0.4, -0.2) is 56.0 Å². The summed E-state index contributed by atoms with van der Waals surface area (Å²) in [5.41, 5.74) is 5.98. The first-order valence-corrected chi connectivity index (χ1v) is 7.75. The monoisotopic (exact) mass is 270 g/mol. The van der Waals surface area contributed by atoms with Gasteiger partial charge in [0.25, 0.3) is 0 Å². The lowest BCUT2D eigenvalue weighted by Crippen LogP contribution is -2.55. The van der Waals surface area contributed by atoms with Gasteiger partial charge in [0, 0.05) is 38.9 Å². The SMILES string of the molecule is COC1CCN(C2CCOC(C(C)C)C2)C(CN)C1. The van der Waals surface area contributed by atoms with Crippen molar-refractivity contribution in [2.45, 2.75) is 63.8 Å². The van der Waals surface area contributed by atoms with Crippen molar-refractivity contribution in [3.05, 3.63) is 0 Å². The maximum atomic E-state index is 5.98. The molecule has 4 unspecified atom stereocenters. The Morgan fingerprint density at radius 1 is 1.32 bits per heavy atom. The van der Waals surface area contributed by atoms with Gasteiger partial charge in [0.2, 0.25) is 0 Å². The maximum absolute atomic E-state index is 5.98. The molecule has 0 bridgehead atoms. The summed E-state index contributed by atoms with van der Waals surface area (Å²) in [7, 11) is 1.82. The normalized spacial score (nSPS) is 37.7. The zero-order valence-corrected chi connectivity index (χ0v) is 12.7. The second-order valence-electron chi connectivity index (χ2n) is 6.34. The number of methoxy groups -OCH3 is 1. The highest BCUT2D eigenvalue weighted by atomic mass is 16.5. The number of likely N-dealkylation sites (tertiary alicyclic amines) is 1. The van der Waals surface area contributed by atoms with Gasteiger partial charge in [-0.2, -0.15) is 0 Å². The van der Waals surface area contributed by atoms with Gasteiger partial charge in [-0.3, -0.25) is 4.90 Å². The van der Waals surface area contributed by atoms with Crippen LogP contribution in [0.15, 0.2) is 0 Å². The highest BCUT2D eigenvalue weighted by molar-refractivity contribution is 4.90. The van der Waals surface area contributed by atoms with Crippen LogP contribution in [0.3, 0.4) is 0 Å². The van der Waals surface area contributed by atoms with Crippen LogP contribution in [0.5, 0.6) is 0 Å². The van der Waals surface area contributed by atoms with E-state index in [1.54, 1.807) is 0 Å². The highest BCUT2D eigenvalue weighted by Gasteiger charge is 2.35. The van der Waals surface area contributed by atoms with Crippen molar-refractivity contribution in [3.8, 4) is 0 Å². The molecule has 4 nitrogen and oxygen atoms in total. The van der Waals surface area contributed by atoms with Crippen molar-refractivity contribution in [1.29, 1.82) is 0 Å². The topological polar surface area (TPSA) is 47.7 Å². The van der Waals surface area contributed by atoms with Gasteiger partial charge in [-0.1, -0.05) is 13.8 Å². The average Bonchev–Trinajstić information content (AvgIpc) is 2.46. The van der Waals surface area contributed by atoms with Crippen LogP contribution in [0.4, 0.5) is 0 Å². The van der Waals surface area contributed by atoms with Gasteiger partial charge < -0.3 is 15.2 Å². The molecule has 0 aromatic heterocycles. The Morgan fingerprint density at radius 2 is 2.11 bits per heavy atom. The Morgan fingerprint density at radius 3 is 2.74 bits per heavy atom. The summed E-state index contributed by atoms with van der Waals surface area (Å²) >= 11 is 0. The van der Waals surface area contributed by atoms with E-state index in [-0.39, 0.29) is 0 Å². The quantitative estimate of drug-likeness (QED) is 0.843. The van der Waals surface area contributed by atoms with E-state index < -0.39 is 0 Å². The summed E-state index contributed by atoms with van der Waals surface area (Å²) in [5.74, 6) is 0.607. The van der Waals surface area contributed by atoms with Gasteiger partial charge in [-0.15, -0.1) is 0 Å². The van der Waals surface area contributed by atoms with Crippen LogP contribution >= 0.6 is 0 Å². The van der Waals surface area contributed by atoms with Crippen molar-refractivity contribution in [3.63, 3.8) is 0 Å². The minimum Gasteiger partial charge on any atom is -0.381 e. The van der Waals surface area contributed by atoms with E-state index in [0.29, 0.717) is 30.2 Å². The average molecular weight is 270 g/mol. The first kappa shape index (κ1) is 15.2. The Hall–Kier alpha value is -0.160. The molecule has 0 aromatic rings. The number of piperidine rings is 1. The third kappa shape index (κ3) is 3.69. The van der Waals surface area contributed by atoms with Crippen LogP contribution in [0.2, 0.25) is 0 Å². The van der Waals surface area contributed by atoms with Crippen LogP contribution in [0.1, 0.15) is 39.5 Å². The first-order chi connectivity index (χ1) is 9.15. The second-order valence-corrected chi connectivity index (χ2v) is 6.34. The van der Waals surface area contributed by atoms with Crippen LogP contribution < -0.4 is 5.73 Å². The largest absolute Gasteiger partial charge is 0.381 e. The number of hydrogen-bond donors (Lipinski definition) is 1. The fourth-order valence-corrected chi connectivity index (χ4v) is 3.53. The zero-order valence-electron chi connectivity index (χ0n) is 12.7. The van der Waals surface area contributed by atoms with Crippen molar-refractivity contribution >= 4 is 0 Å². The van der Waals surface area contributed by atoms with E-state index >= 15 is 0 Å². The molecule has 4 heteroatoms. The van der Waals surface area contributed by atoms with Crippen molar-refractivity contribution in [2.75, 3.05) is 26.8 Å². The number of rotatable bonds is 4. The van der Waals surface area contributed by atoms with Crippen LogP contribution in [0, 0.1) is 5.92 Å². The molecule has 0 spiro atoms. The molecule has 4 atom stereocenters. The molecule has 0 aromatic carbocycles. The lowest BCUT2D eigenvalue weighted by Gasteiger charge is -2.46. The minimum absolute atomic E-state index is 0.394. The fraction of sp³-hybridized carbons (Fsp3) is 1.00. The molecule has 19 heavy (non-hydrogen) atoms. The molecule has 0 radical (unpaired) electrons. The molecule has 2 N–H and O–H groups in total. The van der Waals surface area contributed by atoms with E-state index in [1.807, 2.05) is 7.11 Å². The van der Waals surface area contributed by atoms with Gasteiger partial charge >= 0.3 is 0 Å². The molecule has 2 rings (SSSR count). The smallest absolute Gasteiger partial charge is 0.0612 e. The Kier molecular flexibility index (Phi) is 5.63. The summed E-state index contributed by atoms with van der Waals surface area (Å²) in [4.78, 5) is 2.63. The van der Waals surface area contributed by atoms with Gasteiger partial charge in [-0.05, 0) is 31.6 Å². The van der Waals surface area contributed by atoms with Crippen molar-refractivity contribution in [2.24, 2.45) is 11.7 Å². The predicted molar refractivity (Wildman–Crippen MR) is 77.2 cm³/mol. The van der Waals surface area contributed by atoms with E-state index in [1.165, 1.54) is 0 Å². The molecule has 2 heterocycles. The first-order valence-electron chi connectivity index (χ1n) is 7.75.